The minimum atomic E-state index is 1.17. The molecule has 0 spiro atoms. The topological polar surface area (TPSA) is 0 Å². The summed E-state index contributed by atoms with van der Waals surface area (Å²) in [5.74, 6) is 0. The van der Waals surface area contributed by atoms with Crippen LogP contribution in [0, 0.1) is 0 Å². The summed E-state index contributed by atoms with van der Waals surface area (Å²) >= 11 is 0. The second-order valence-corrected chi connectivity index (χ2v) is 5.31. The van der Waals surface area contributed by atoms with E-state index in [-0.39, 0.29) is 0 Å². The Morgan fingerprint density at radius 3 is 2.40 bits per heavy atom. The molecular formula is C20H20. The number of rotatable bonds is 4. The summed E-state index contributed by atoms with van der Waals surface area (Å²) in [6.07, 6.45) is 8.26. The molecule has 100 valence electrons. The summed E-state index contributed by atoms with van der Waals surface area (Å²) in [7, 11) is 0. The third-order valence-electron chi connectivity index (χ3n) is 3.80. The van der Waals surface area contributed by atoms with Gasteiger partial charge in [0.1, 0.15) is 0 Å². The minimum Gasteiger partial charge on any atom is -0.0839 e. The Balaban J connectivity index is 2.08. The van der Waals surface area contributed by atoms with Crippen molar-refractivity contribution in [1.82, 2.24) is 0 Å². The molecule has 0 bridgehead atoms. The van der Waals surface area contributed by atoms with Gasteiger partial charge in [0, 0.05) is 0 Å². The number of allylic oxidation sites excluding steroid dienone is 1. The molecule has 0 saturated carbocycles. The normalized spacial score (nSPS) is 11.7. The Hall–Kier alpha value is -2.08. The van der Waals surface area contributed by atoms with Crippen LogP contribution in [0.3, 0.4) is 0 Å². The van der Waals surface area contributed by atoms with Crippen LogP contribution in [-0.4, -0.2) is 0 Å². The van der Waals surface area contributed by atoms with E-state index in [0.717, 1.165) is 0 Å². The van der Waals surface area contributed by atoms with Gasteiger partial charge < -0.3 is 0 Å². The van der Waals surface area contributed by atoms with Crippen molar-refractivity contribution in [3.8, 4) is 0 Å². The molecule has 0 aromatic heterocycles. The maximum Gasteiger partial charge on any atom is -0.0105 e. The highest BCUT2D eigenvalue weighted by Crippen LogP contribution is 2.26. The first kappa shape index (κ1) is 12.9. The van der Waals surface area contributed by atoms with Crippen molar-refractivity contribution in [2.45, 2.75) is 26.2 Å². The standard InChI is InChI=1S/C20H20/c1-2-3-4-5-9-16-12-8-13-19-14-17-10-6-7-11-18(17)15-20(16)19/h5-15H,2-4H2,1H3. The van der Waals surface area contributed by atoms with Gasteiger partial charge in [-0.1, -0.05) is 74.4 Å². The number of unbranched alkanes of at least 4 members (excludes halogenated alkanes) is 2. The Bertz CT molecular complexity index is 750. The van der Waals surface area contributed by atoms with E-state index in [0.29, 0.717) is 0 Å². The first-order chi connectivity index (χ1) is 9.88. The van der Waals surface area contributed by atoms with Crippen molar-refractivity contribution in [3.63, 3.8) is 0 Å². The van der Waals surface area contributed by atoms with E-state index < -0.39 is 0 Å². The number of fused-ring (bicyclic) bond motifs is 2. The van der Waals surface area contributed by atoms with Crippen LogP contribution in [0.2, 0.25) is 0 Å². The monoisotopic (exact) mass is 260 g/mol. The molecule has 0 aliphatic carbocycles. The van der Waals surface area contributed by atoms with Crippen molar-refractivity contribution in [1.29, 1.82) is 0 Å². The molecule has 0 heteroatoms. The molecule has 3 aromatic carbocycles. The Morgan fingerprint density at radius 1 is 0.850 bits per heavy atom. The van der Waals surface area contributed by atoms with Crippen LogP contribution in [0.15, 0.2) is 60.7 Å². The zero-order valence-electron chi connectivity index (χ0n) is 12.0. The molecule has 0 radical (unpaired) electrons. The van der Waals surface area contributed by atoms with E-state index in [9.17, 15) is 0 Å². The second kappa shape index (κ2) is 5.92. The van der Waals surface area contributed by atoms with Gasteiger partial charge >= 0.3 is 0 Å². The maximum atomic E-state index is 2.31. The lowest BCUT2D eigenvalue weighted by molar-refractivity contribution is 0.816. The molecule has 3 rings (SSSR count). The number of hydrogen-bond donors (Lipinski definition) is 0. The number of hydrogen-bond acceptors (Lipinski definition) is 0. The Kier molecular flexibility index (Phi) is 3.83. The predicted molar refractivity (Wildman–Crippen MR) is 90.0 cm³/mol. The highest BCUT2D eigenvalue weighted by atomic mass is 14.0. The highest BCUT2D eigenvalue weighted by Gasteiger charge is 2.00. The van der Waals surface area contributed by atoms with Crippen molar-refractivity contribution < 1.29 is 0 Å². The Morgan fingerprint density at radius 2 is 1.60 bits per heavy atom. The summed E-state index contributed by atoms with van der Waals surface area (Å²) in [6.45, 7) is 2.23. The van der Waals surface area contributed by atoms with Gasteiger partial charge in [0.25, 0.3) is 0 Å². The largest absolute Gasteiger partial charge is 0.0839 e. The minimum absolute atomic E-state index is 1.17. The van der Waals surface area contributed by atoms with Crippen molar-refractivity contribution in [2.75, 3.05) is 0 Å². The molecular weight excluding hydrogens is 240 g/mol. The van der Waals surface area contributed by atoms with Gasteiger partial charge in [0.2, 0.25) is 0 Å². The van der Waals surface area contributed by atoms with Crippen molar-refractivity contribution in [2.24, 2.45) is 0 Å². The second-order valence-electron chi connectivity index (χ2n) is 5.31. The molecule has 0 nitrogen and oxygen atoms in total. The maximum absolute atomic E-state index is 2.31. The van der Waals surface area contributed by atoms with Gasteiger partial charge in [-0.15, -0.1) is 0 Å². The van der Waals surface area contributed by atoms with Gasteiger partial charge in [-0.2, -0.15) is 0 Å². The van der Waals surface area contributed by atoms with Crippen LogP contribution in [-0.2, 0) is 0 Å². The SMILES string of the molecule is CCCCC=Cc1cccc2cc3ccccc3cc12. The van der Waals surface area contributed by atoms with Gasteiger partial charge in [0.05, 0.1) is 0 Å². The molecule has 0 unspecified atom stereocenters. The van der Waals surface area contributed by atoms with E-state index in [4.69, 9.17) is 0 Å². The Labute approximate surface area is 120 Å². The van der Waals surface area contributed by atoms with Crippen LogP contribution >= 0.6 is 0 Å². The van der Waals surface area contributed by atoms with Gasteiger partial charge in [-0.05, 0) is 45.7 Å². The van der Waals surface area contributed by atoms with E-state index in [1.165, 1.54) is 46.4 Å². The first-order valence-electron chi connectivity index (χ1n) is 7.46. The molecule has 20 heavy (non-hydrogen) atoms. The van der Waals surface area contributed by atoms with Crippen LogP contribution in [0.5, 0.6) is 0 Å². The number of benzene rings is 3. The van der Waals surface area contributed by atoms with Crippen LogP contribution in [0.25, 0.3) is 27.6 Å². The predicted octanol–water partition coefficient (Wildman–Crippen LogP) is 6.20. The zero-order valence-corrected chi connectivity index (χ0v) is 12.0. The van der Waals surface area contributed by atoms with Gasteiger partial charge in [-0.3, -0.25) is 0 Å². The van der Waals surface area contributed by atoms with E-state index in [1.807, 2.05) is 0 Å². The van der Waals surface area contributed by atoms with E-state index in [2.05, 4.69) is 73.7 Å². The lowest BCUT2D eigenvalue weighted by Crippen LogP contribution is -1.80. The van der Waals surface area contributed by atoms with Crippen molar-refractivity contribution >= 4 is 27.6 Å². The average molecular weight is 260 g/mol. The lowest BCUT2D eigenvalue weighted by atomic mass is 9.99. The van der Waals surface area contributed by atoms with Crippen LogP contribution < -0.4 is 0 Å². The van der Waals surface area contributed by atoms with Gasteiger partial charge in [0.15, 0.2) is 0 Å². The summed E-state index contributed by atoms with van der Waals surface area (Å²) in [5, 5.41) is 5.29. The molecule has 0 aliphatic rings. The average Bonchev–Trinajstić information content (AvgIpc) is 2.50. The fourth-order valence-electron chi connectivity index (χ4n) is 2.67. The molecule has 0 heterocycles. The molecule has 0 N–H and O–H groups in total. The third-order valence-corrected chi connectivity index (χ3v) is 3.80. The van der Waals surface area contributed by atoms with Crippen LogP contribution in [0.4, 0.5) is 0 Å². The van der Waals surface area contributed by atoms with Gasteiger partial charge in [-0.25, -0.2) is 0 Å². The summed E-state index contributed by atoms with van der Waals surface area (Å²) in [5.41, 5.74) is 1.32. The lowest BCUT2D eigenvalue weighted by Gasteiger charge is -2.05. The quantitative estimate of drug-likeness (QED) is 0.387. The molecule has 3 aromatic rings. The van der Waals surface area contributed by atoms with Crippen LogP contribution in [0.1, 0.15) is 31.7 Å². The zero-order chi connectivity index (χ0) is 13.8. The van der Waals surface area contributed by atoms with E-state index >= 15 is 0 Å². The fraction of sp³-hybridized carbons (Fsp3) is 0.200. The summed E-state index contributed by atoms with van der Waals surface area (Å²) < 4.78 is 0. The molecule has 0 atom stereocenters. The third kappa shape index (κ3) is 2.60. The summed E-state index contributed by atoms with van der Waals surface area (Å²) in [4.78, 5) is 0. The molecule has 0 saturated heterocycles. The molecule has 0 fully saturated rings. The van der Waals surface area contributed by atoms with Crippen molar-refractivity contribution in [3.05, 3.63) is 66.2 Å². The molecule has 0 aliphatic heterocycles. The van der Waals surface area contributed by atoms with E-state index in [1.54, 1.807) is 0 Å². The highest BCUT2D eigenvalue weighted by molar-refractivity contribution is 6.01. The first-order valence-corrected chi connectivity index (χ1v) is 7.46. The fourth-order valence-corrected chi connectivity index (χ4v) is 2.67. The molecule has 0 amide bonds. The smallest absolute Gasteiger partial charge is 0.0105 e. The summed E-state index contributed by atoms with van der Waals surface area (Å²) in [6, 6.07) is 19.7.